The number of rotatable bonds is 2. The molecule has 8 heteroatoms. The van der Waals surface area contributed by atoms with Gasteiger partial charge in [0.2, 0.25) is 0 Å². The molecule has 0 amide bonds. The third-order valence-electron chi connectivity index (χ3n) is 2.54. The molecular formula is C9H16O7S. The first-order valence-electron chi connectivity index (χ1n) is 5.21. The third kappa shape index (κ3) is 2.95. The molecule has 7 nitrogen and oxygen atoms in total. The number of ether oxygens (including phenoxy) is 3. The maximum absolute atomic E-state index is 11.1. The summed E-state index contributed by atoms with van der Waals surface area (Å²) >= 11 is 0. The van der Waals surface area contributed by atoms with Crippen LogP contribution in [0.3, 0.4) is 0 Å². The second-order valence-corrected chi connectivity index (χ2v) is 6.23. The van der Waals surface area contributed by atoms with Crippen molar-refractivity contribution in [2.75, 3.05) is 12.9 Å². The number of hydrogen-bond acceptors (Lipinski definition) is 7. The fourth-order valence-electron chi connectivity index (χ4n) is 2.03. The monoisotopic (exact) mass is 268 g/mol. The van der Waals surface area contributed by atoms with Gasteiger partial charge < -0.3 is 19.3 Å². The predicted octanol–water partition coefficient (Wildman–Crippen LogP) is -0.800. The van der Waals surface area contributed by atoms with Gasteiger partial charge in [0.15, 0.2) is 18.2 Å². The Labute approximate surface area is 99.7 Å². The van der Waals surface area contributed by atoms with Gasteiger partial charge in [0.1, 0.15) is 12.2 Å². The zero-order valence-corrected chi connectivity index (χ0v) is 10.6. The van der Waals surface area contributed by atoms with Gasteiger partial charge in [-0.3, -0.25) is 4.18 Å². The standard InChI is InChI=1S/C9H16O7S/c1-9(2)14-5-4-13-8(10)7(6(5)15-9)16-17(3,11)12/h5-8,10H,4H2,1-3H3/t5-,6-,7+,8?/m1/s1. The normalized spacial score (nSPS) is 41.2. The number of aliphatic hydroxyl groups is 1. The number of hydrogen-bond donors (Lipinski definition) is 1. The van der Waals surface area contributed by atoms with Crippen molar-refractivity contribution >= 4 is 10.1 Å². The SMILES string of the molecule is CC1(C)O[C@H]2[C@H](OS(C)(=O)=O)C(O)OC[C@H]2O1. The Balaban J connectivity index is 2.18. The maximum atomic E-state index is 11.1. The second kappa shape index (κ2) is 4.15. The van der Waals surface area contributed by atoms with E-state index in [9.17, 15) is 13.5 Å². The molecule has 2 rings (SSSR count). The van der Waals surface area contributed by atoms with Crippen molar-refractivity contribution in [1.29, 1.82) is 0 Å². The van der Waals surface area contributed by atoms with E-state index >= 15 is 0 Å². The highest BCUT2D eigenvalue weighted by molar-refractivity contribution is 7.86. The summed E-state index contributed by atoms with van der Waals surface area (Å²) in [5.74, 6) is -0.845. The van der Waals surface area contributed by atoms with Crippen LogP contribution in [-0.2, 0) is 28.5 Å². The minimum absolute atomic E-state index is 0.138. The fourth-order valence-corrected chi connectivity index (χ4v) is 2.63. The average molecular weight is 268 g/mol. The summed E-state index contributed by atoms with van der Waals surface area (Å²) in [6, 6.07) is 0. The van der Waals surface area contributed by atoms with Crippen LogP contribution < -0.4 is 0 Å². The van der Waals surface area contributed by atoms with Crippen LogP contribution in [0.2, 0.25) is 0 Å². The Morgan fingerprint density at radius 3 is 2.59 bits per heavy atom. The smallest absolute Gasteiger partial charge is 0.264 e. The van der Waals surface area contributed by atoms with Crippen molar-refractivity contribution in [1.82, 2.24) is 0 Å². The highest BCUT2D eigenvalue weighted by atomic mass is 32.2. The molecule has 0 radical (unpaired) electrons. The van der Waals surface area contributed by atoms with Gasteiger partial charge in [0.25, 0.3) is 10.1 Å². The van der Waals surface area contributed by atoms with E-state index in [1.807, 2.05) is 0 Å². The van der Waals surface area contributed by atoms with Gasteiger partial charge >= 0.3 is 0 Å². The van der Waals surface area contributed by atoms with Gasteiger partial charge in [-0.05, 0) is 13.8 Å². The first kappa shape index (κ1) is 13.2. The zero-order chi connectivity index (χ0) is 12.8. The summed E-state index contributed by atoms with van der Waals surface area (Å²) < 4.78 is 43.1. The Hall–Kier alpha value is -0.250. The quantitative estimate of drug-likeness (QED) is 0.655. The summed E-state index contributed by atoms with van der Waals surface area (Å²) in [5, 5.41) is 9.60. The first-order chi connectivity index (χ1) is 7.68. The molecule has 2 saturated heterocycles. The molecule has 1 unspecified atom stereocenters. The van der Waals surface area contributed by atoms with Crippen LogP contribution in [0.4, 0.5) is 0 Å². The Morgan fingerprint density at radius 1 is 1.35 bits per heavy atom. The summed E-state index contributed by atoms with van der Waals surface area (Å²) in [6.07, 6.45) is -2.65. The molecule has 0 aromatic rings. The Kier molecular flexibility index (Phi) is 3.22. The minimum atomic E-state index is -3.71. The summed E-state index contributed by atoms with van der Waals surface area (Å²) in [6.45, 7) is 3.54. The summed E-state index contributed by atoms with van der Waals surface area (Å²) in [4.78, 5) is 0. The van der Waals surface area contributed by atoms with Gasteiger partial charge in [0, 0.05) is 0 Å². The zero-order valence-electron chi connectivity index (χ0n) is 9.82. The highest BCUT2D eigenvalue weighted by Gasteiger charge is 2.52. The van der Waals surface area contributed by atoms with Crippen LogP contribution >= 0.6 is 0 Å². The van der Waals surface area contributed by atoms with Crippen LogP contribution in [-0.4, -0.2) is 56.8 Å². The lowest BCUT2D eigenvalue weighted by molar-refractivity contribution is -0.221. The van der Waals surface area contributed by atoms with Crippen molar-refractivity contribution in [3.05, 3.63) is 0 Å². The van der Waals surface area contributed by atoms with Crippen LogP contribution in [0, 0.1) is 0 Å². The number of fused-ring (bicyclic) bond motifs is 1. The second-order valence-electron chi connectivity index (χ2n) is 4.63. The minimum Gasteiger partial charge on any atom is -0.366 e. The van der Waals surface area contributed by atoms with E-state index in [2.05, 4.69) is 0 Å². The average Bonchev–Trinajstić information content (AvgIpc) is 2.44. The van der Waals surface area contributed by atoms with Gasteiger partial charge in [0.05, 0.1) is 12.9 Å². The van der Waals surface area contributed by atoms with Gasteiger partial charge in [-0.15, -0.1) is 0 Å². The molecule has 4 atom stereocenters. The Bertz CT molecular complexity index is 390. The molecule has 0 saturated carbocycles. The topological polar surface area (TPSA) is 91.3 Å². The van der Waals surface area contributed by atoms with E-state index in [1.165, 1.54) is 0 Å². The Morgan fingerprint density at radius 2 is 2.00 bits per heavy atom. The van der Waals surface area contributed by atoms with Gasteiger partial charge in [-0.2, -0.15) is 8.42 Å². The third-order valence-corrected chi connectivity index (χ3v) is 3.12. The maximum Gasteiger partial charge on any atom is 0.264 e. The molecule has 1 N–H and O–H groups in total. The van der Waals surface area contributed by atoms with Crippen molar-refractivity contribution in [3.8, 4) is 0 Å². The van der Waals surface area contributed by atoms with E-state index < -0.39 is 40.5 Å². The van der Waals surface area contributed by atoms with Gasteiger partial charge in [-0.25, -0.2) is 0 Å². The lowest BCUT2D eigenvalue weighted by Crippen LogP contribution is -2.53. The molecule has 2 aliphatic rings. The van der Waals surface area contributed by atoms with E-state index in [0.29, 0.717) is 0 Å². The van der Waals surface area contributed by atoms with Crippen LogP contribution in [0.1, 0.15) is 13.8 Å². The predicted molar refractivity (Wildman–Crippen MR) is 55.5 cm³/mol. The van der Waals surface area contributed by atoms with E-state index in [0.717, 1.165) is 6.26 Å². The van der Waals surface area contributed by atoms with Crippen molar-refractivity contribution in [2.45, 2.75) is 44.2 Å². The van der Waals surface area contributed by atoms with E-state index in [1.54, 1.807) is 13.8 Å². The molecular weight excluding hydrogens is 252 g/mol. The van der Waals surface area contributed by atoms with Crippen molar-refractivity contribution < 1.29 is 31.9 Å². The van der Waals surface area contributed by atoms with Crippen LogP contribution in [0.5, 0.6) is 0 Å². The molecule has 0 bridgehead atoms. The van der Waals surface area contributed by atoms with Crippen molar-refractivity contribution in [3.63, 3.8) is 0 Å². The van der Waals surface area contributed by atoms with Gasteiger partial charge in [-0.1, -0.05) is 0 Å². The molecule has 0 aromatic heterocycles. The highest BCUT2D eigenvalue weighted by Crippen LogP contribution is 2.35. The summed E-state index contributed by atoms with van der Waals surface area (Å²) in [5.41, 5.74) is 0. The lowest BCUT2D eigenvalue weighted by atomic mass is 10.1. The molecule has 0 aliphatic carbocycles. The fraction of sp³-hybridized carbons (Fsp3) is 1.00. The first-order valence-corrected chi connectivity index (χ1v) is 7.03. The van der Waals surface area contributed by atoms with Crippen LogP contribution in [0.15, 0.2) is 0 Å². The molecule has 100 valence electrons. The molecule has 17 heavy (non-hydrogen) atoms. The number of aliphatic hydroxyl groups excluding tert-OH is 1. The van der Waals surface area contributed by atoms with Crippen molar-refractivity contribution in [2.24, 2.45) is 0 Å². The molecule has 2 aliphatic heterocycles. The molecule has 0 spiro atoms. The van der Waals surface area contributed by atoms with E-state index in [4.69, 9.17) is 18.4 Å². The molecule has 2 fully saturated rings. The van der Waals surface area contributed by atoms with Crippen LogP contribution in [0.25, 0.3) is 0 Å². The van der Waals surface area contributed by atoms with E-state index in [-0.39, 0.29) is 6.61 Å². The molecule has 2 heterocycles. The lowest BCUT2D eigenvalue weighted by Gasteiger charge is -2.33. The summed E-state index contributed by atoms with van der Waals surface area (Å²) in [7, 11) is -3.71. The molecule has 0 aromatic carbocycles. The largest absolute Gasteiger partial charge is 0.366 e.